The van der Waals surface area contributed by atoms with E-state index in [9.17, 15) is 4.79 Å². The Kier molecular flexibility index (Phi) is 6.34. The predicted octanol–water partition coefficient (Wildman–Crippen LogP) is 6.08. The van der Waals surface area contributed by atoms with E-state index in [0.29, 0.717) is 17.7 Å². The van der Waals surface area contributed by atoms with Crippen molar-refractivity contribution in [2.75, 3.05) is 44.2 Å². The summed E-state index contributed by atoms with van der Waals surface area (Å²) in [4.78, 5) is 22.7. The highest BCUT2D eigenvalue weighted by molar-refractivity contribution is 6.33. The fourth-order valence-electron chi connectivity index (χ4n) is 5.34. The summed E-state index contributed by atoms with van der Waals surface area (Å²) < 4.78 is 6.12. The zero-order chi connectivity index (χ0) is 24.5. The van der Waals surface area contributed by atoms with Gasteiger partial charge in [-0.3, -0.25) is 14.7 Å². The molecule has 6 heteroatoms. The van der Waals surface area contributed by atoms with Gasteiger partial charge in [-0.2, -0.15) is 0 Å². The Labute approximate surface area is 216 Å². The molecular weight excluding hydrogens is 470 g/mol. The lowest BCUT2D eigenvalue weighted by molar-refractivity contribution is 0.103. The normalized spacial score (nSPS) is 15.2. The van der Waals surface area contributed by atoms with E-state index in [0.717, 1.165) is 84.1 Å². The van der Waals surface area contributed by atoms with Gasteiger partial charge in [-0.15, -0.1) is 0 Å². The van der Waals surface area contributed by atoms with E-state index < -0.39 is 0 Å². The van der Waals surface area contributed by atoms with Crippen molar-refractivity contribution in [1.29, 1.82) is 0 Å². The van der Waals surface area contributed by atoms with Crippen LogP contribution in [-0.4, -0.2) is 55.0 Å². The summed E-state index contributed by atoms with van der Waals surface area (Å²) in [5.41, 5.74) is 4.30. The van der Waals surface area contributed by atoms with Crippen LogP contribution in [0.4, 0.5) is 5.69 Å². The molecule has 0 atom stereocenters. The van der Waals surface area contributed by atoms with Crippen LogP contribution in [0.15, 0.2) is 72.9 Å². The van der Waals surface area contributed by atoms with Crippen molar-refractivity contribution in [3.05, 3.63) is 89.1 Å². The van der Waals surface area contributed by atoms with Gasteiger partial charge < -0.3 is 9.64 Å². The topological polar surface area (TPSA) is 45.7 Å². The number of anilines is 1. The van der Waals surface area contributed by atoms with Crippen LogP contribution in [0.5, 0.6) is 5.75 Å². The Balaban J connectivity index is 1.04. The van der Waals surface area contributed by atoms with Crippen LogP contribution in [0.2, 0.25) is 5.02 Å². The molecule has 3 aromatic carbocycles. The molecule has 0 N–H and O–H groups in total. The minimum atomic E-state index is 0.0393. The Morgan fingerprint density at radius 2 is 1.64 bits per heavy atom. The summed E-state index contributed by atoms with van der Waals surface area (Å²) in [5, 5.41) is 2.74. The number of ketones is 1. The number of piperazine rings is 1. The minimum Gasteiger partial charge on any atom is -0.494 e. The maximum Gasteiger partial charge on any atom is 0.194 e. The number of para-hydroxylation sites is 1. The lowest BCUT2D eigenvalue weighted by Crippen LogP contribution is -2.46. The zero-order valence-corrected chi connectivity index (χ0v) is 20.9. The van der Waals surface area contributed by atoms with E-state index in [1.165, 1.54) is 0 Å². The number of hydrogen-bond donors (Lipinski definition) is 0. The van der Waals surface area contributed by atoms with Gasteiger partial charge >= 0.3 is 0 Å². The average Bonchev–Trinajstić information content (AvgIpc) is 2.92. The quantitative estimate of drug-likeness (QED) is 0.255. The van der Waals surface area contributed by atoms with Gasteiger partial charge in [0.1, 0.15) is 5.75 Å². The maximum atomic E-state index is 13.2. The smallest absolute Gasteiger partial charge is 0.194 e. The largest absolute Gasteiger partial charge is 0.494 e. The van der Waals surface area contributed by atoms with Crippen molar-refractivity contribution in [3.63, 3.8) is 0 Å². The number of carbonyl (C=O) groups excluding carboxylic acids is 1. The molecule has 5 nitrogen and oxygen atoms in total. The second kappa shape index (κ2) is 9.92. The fraction of sp³-hybridized carbons (Fsp3) is 0.267. The van der Waals surface area contributed by atoms with Gasteiger partial charge in [-0.25, -0.2) is 0 Å². The third kappa shape index (κ3) is 4.34. The van der Waals surface area contributed by atoms with Gasteiger partial charge in [0.05, 0.1) is 23.0 Å². The third-order valence-electron chi connectivity index (χ3n) is 7.21. The van der Waals surface area contributed by atoms with E-state index in [1.807, 2.05) is 66.9 Å². The van der Waals surface area contributed by atoms with Crippen LogP contribution in [0.25, 0.3) is 22.0 Å². The Morgan fingerprint density at radius 1 is 0.861 bits per heavy atom. The molecule has 0 spiro atoms. The number of nitrogens with zero attached hydrogens (tertiary/aromatic N) is 3. The molecule has 0 unspecified atom stereocenters. The molecule has 2 aliphatic rings. The van der Waals surface area contributed by atoms with Gasteiger partial charge in [-0.1, -0.05) is 48.0 Å². The third-order valence-corrected chi connectivity index (χ3v) is 7.53. The Morgan fingerprint density at radius 3 is 2.47 bits per heavy atom. The number of benzene rings is 3. The van der Waals surface area contributed by atoms with Gasteiger partial charge in [0, 0.05) is 54.5 Å². The van der Waals surface area contributed by atoms with E-state index in [4.69, 9.17) is 16.3 Å². The van der Waals surface area contributed by atoms with Crippen molar-refractivity contribution in [1.82, 2.24) is 9.88 Å². The lowest BCUT2D eigenvalue weighted by Gasteiger charge is -2.36. The first-order valence-electron chi connectivity index (χ1n) is 12.6. The minimum absolute atomic E-state index is 0.0393. The van der Waals surface area contributed by atoms with Gasteiger partial charge in [0.25, 0.3) is 0 Å². The molecule has 1 aliphatic heterocycles. The predicted molar refractivity (Wildman–Crippen MR) is 145 cm³/mol. The van der Waals surface area contributed by atoms with Crippen molar-refractivity contribution in [2.24, 2.45) is 0 Å². The zero-order valence-electron chi connectivity index (χ0n) is 20.1. The number of fused-ring (bicyclic) bond motifs is 2. The lowest BCUT2D eigenvalue weighted by atomic mass is 9.85. The summed E-state index contributed by atoms with van der Waals surface area (Å²) in [6, 6.07) is 21.6. The van der Waals surface area contributed by atoms with Crippen LogP contribution in [0.3, 0.4) is 0 Å². The second-order valence-corrected chi connectivity index (χ2v) is 9.85. The first-order chi connectivity index (χ1) is 17.7. The SMILES string of the molecule is O=C1c2ccccc2-c2nccc3cc(OCCCCN4CCN(c5ccccc5Cl)CC4)cc1c23. The first-order valence-corrected chi connectivity index (χ1v) is 13.0. The van der Waals surface area contributed by atoms with E-state index in [1.54, 1.807) is 0 Å². The molecule has 182 valence electrons. The number of ether oxygens (including phenoxy) is 1. The average molecular weight is 498 g/mol. The molecule has 0 saturated carbocycles. The molecule has 36 heavy (non-hydrogen) atoms. The molecule has 0 amide bonds. The highest BCUT2D eigenvalue weighted by atomic mass is 35.5. The molecule has 1 aromatic heterocycles. The van der Waals surface area contributed by atoms with Crippen molar-refractivity contribution in [3.8, 4) is 17.0 Å². The van der Waals surface area contributed by atoms with E-state index in [-0.39, 0.29) is 5.78 Å². The standard InChI is InChI=1S/C30H28ClN3O2/c31-26-9-3-4-10-27(26)34-16-14-33(15-17-34)13-5-6-18-36-22-19-21-11-12-32-29-23-7-1-2-8-24(23)30(35)25(20-22)28(21)29/h1-4,7-12,19-20H,5-6,13-18H2. The molecule has 0 bridgehead atoms. The molecule has 2 heterocycles. The van der Waals surface area contributed by atoms with Crippen LogP contribution in [0.1, 0.15) is 28.8 Å². The Bertz CT molecular complexity index is 1430. The number of hydrogen-bond acceptors (Lipinski definition) is 5. The van der Waals surface area contributed by atoms with Crippen molar-refractivity contribution < 1.29 is 9.53 Å². The maximum absolute atomic E-state index is 13.2. The second-order valence-electron chi connectivity index (χ2n) is 9.44. The van der Waals surface area contributed by atoms with E-state index >= 15 is 0 Å². The number of rotatable bonds is 7. The molecule has 6 rings (SSSR count). The highest BCUT2D eigenvalue weighted by Crippen LogP contribution is 2.39. The number of halogens is 1. The summed E-state index contributed by atoms with van der Waals surface area (Å²) >= 11 is 6.36. The van der Waals surface area contributed by atoms with Crippen molar-refractivity contribution in [2.45, 2.75) is 12.8 Å². The number of carbonyl (C=O) groups is 1. The Hall–Kier alpha value is -3.41. The summed E-state index contributed by atoms with van der Waals surface area (Å²) in [6.07, 6.45) is 3.85. The first kappa shape index (κ1) is 23.0. The van der Waals surface area contributed by atoms with Crippen LogP contribution in [-0.2, 0) is 0 Å². The number of unbranched alkanes of at least 4 members (excludes halogenated alkanes) is 1. The number of aromatic nitrogens is 1. The van der Waals surface area contributed by atoms with Gasteiger partial charge in [-0.05, 0) is 55.1 Å². The van der Waals surface area contributed by atoms with Crippen LogP contribution >= 0.6 is 11.6 Å². The number of pyridine rings is 1. The molecule has 0 radical (unpaired) electrons. The molecule has 1 saturated heterocycles. The summed E-state index contributed by atoms with van der Waals surface area (Å²) in [7, 11) is 0. The monoisotopic (exact) mass is 497 g/mol. The van der Waals surface area contributed by atoms with Crippen LogP contribution < -0.4 is 9.64 Å². The van der Waals surface area contributed by atoms with E-state index in [2.05, 4.69) is 20.9 Å². The highest BCUT2D eigenvalue weighted by Gasteiger charge is 2.26. The van der Waals surface area contributed by atoms with Crippen molar-refractivity contribution >= 4 is 33.8 Å². The summed E-state index contributed by atoms with van der Waals surface area (Å²) in [6.45, 7) is 5.77. The fourth-order valence-corrected chi connectivity index (χ4v) is 5.59. The molecule has 4 aromatic rings. The molecule has 1 aliphatic carbocycles. The van der Waals surface area contributed by atoms with Gasteiger partial charge in [0.15, 0.2) is 5.78 Å². The summed E-state index contributed by atoms with van der Waals surface area (Å²) in [5.74, 6) is 0.785. The molecular formula is C30H28ClN3O2. The van der Waals surface area contributed by atoms with Crippen LogP contribution in [0, 0.1) is 0 Å². The molecule has 1 fully saturated rings. The van der Waals surface area contributed by atoms with Gasteiger partial charge in [0.2, 0.25) is 0 Å².